The Bertz CT molecular complexity index is 1070. The second kappa shape index (κ2) is 10.9. The number of rotatable bonds is 10. The Balaban J connectivity index is 2.20. The number of hydrogen-bond donors (Lipinski definition) is 5. The van der Waals surface area contributed by atoms with E-state index < -0.39 is 41.7 Å². The minimum Gasteiger partial charge on any atom is -0.504 e. The average Bonchev–Trinajstić information content (AvgIpc) is 2.70. The second-order valence-corrected chi connectivity index (χ2v) is 7.26. The van der Waals surface area contributed by atoms with E-state index in [1.807, 2.05) is 0 Å². The molecule has 0 aliphatic carbocycles. The molecule has 0 saturated carbocycles. The largest absolute Gasteiger partial charge is 0.504 e. The third kappa shape index (κ3) is 7.49. The number of phenolic OH excluding ortho intramolecular Hbond substituents is 1. The van der Waals surface area contributed by atoms with Gasteiger partial charge in [0.1, 0.15) is 12.1 Å². The number of carbonyl (C=O) groups is 4. The van der Waals surface area contributed by atoms with Crippen molar-refractivity contribution in [2.45, 2.75) is 38.8 Å². The van der Waals surface area contributed by atoms with Gasteiger partial charge in [-0.15, -0.1) is 0 Å². The molecule has 2 amide bonds. The monoisotopic (exact) mass is 462 g/mol. The molecule has 5 N–H and O–H groups in total. The van der Waals surface area contributed by atoms with Gasteiger partial charge >= 0.3 is 11.9 Å². The number of amides is 2. The van der Waals surface area contributed by atoms with Gasteiger partial charge in [-0.3, -0.25) is 9.59 Å². The van der Waals surface area contributed by atoms with Crippen LogP contribution in [-0.4, -0.2) is 51.2 Å². The fourth-order valence-electron chi connectivity index (χ4n) is 3.00. The highest BCUT2D eigenvalue weighted by molar-refractivity contribution is 5.83. The second-order valence-electron chi connectivity index (χ2n) is 7.26. The molecule has 11 heteroatoms. The first-order valence-corrected chi connectivity index (χ1v) is 9.74. The molecule has 0 radical (unpaired) electrons. The van der Waals surface area contributed by atoms with E-state index in [0.29, 0.717) is 11.1 Å². The number of halogens is 1. The Labute approximate surface area is 188 Å². The zero-order chi connectivity index (χ0) is 24.7. The zero-order valence-corrected chi connectivity index (χ0v) is 17.8. The third-order valence-electron chi connectivity index (χ3n) is 4.47. The van der Waals surface area contributed by atoms with Gasteiger partial charge in [0.15, 0.2) is 23.1 Å². The third-order valence-corrected chi connectivity index (χ3v) is 4.47. The van der Waals surface area contributed by atoms with E-state index in [2.05, 4.69) is 10.6 Å². The molecule has 0 heterocycles. The lowest BCUT2D eigenvalue weighted by molar-refractivity contribution is -0.141. The lowest BCUT2D eigenvalue weighted by atomic mass is 10.0. The predicted octanol–water partition coefficient (Wildman–Crippen LogP) is 1.59. The molecular formula is C22H23FN2O8. The minimum atomic E-state index is -1.27. The maximum absolute atomic E-state index is 14.6. The molecule has 0 aliphatic rings. The zero-order valence-electron chi connectivity index (χ0n) is 17.8. The van der Waals surface area contributed by atoms with Gasteiger partial charge in [-0.25, -0.2) is 14.0 Å². The number of benzene rings is 2. The Kier molecular flexibility index (Phi) is 8.32. The molecule has 10 nitrogen and oxygen atoms in total. The van der Waals surface area contributed by atoms with Crippen LogP contribution in [0.4, 0.5) is 4.39 Å². The summed E-state index contributed by atoms with van der Waals surface area (Å²) in [6.45, 7) is 2.35. The molecule has 2 aromatic rings. The quantitative estimate of drug-likeness (QED) is 0.355. The van der Waals surface area contributed by atoms with Crippen LogP contribution in [0.15, 0.2) is 36.4 Å². The van der Waals surface area contributed by atoms with Gasteiger partial charge in [0.2, 0.25) is 11.8 Å². The number of carboxylic acid groups (broad SMARTS) is 2. The molecule has 0 aromatic heterocycles. The summed E-state index contributed by atoms with van der Waals surface area (Å²) in [5.74, 6) is -5.17. The standard InChI is InChI=1S/C22H23FN2O8/c1-11(26)24-16(21(29)30)8-13-4-6-19(15(23)7-13)33-20-10-14(3-5-18(20)28)9-17(22(31)32)25-12(2)27/h3-7,10,16-17,28H,8-9H2,1-2H3,(H,24,26)(H,25,27)(H,29,30)(H,31,32). The molecule has 2 unspecified atom stereocenters. The van der Waals surface area contributed by atoms with E-state index in [1.54, 1.807) is 0 Å². The molecule has 0 saturated heterocycles. The highest BCUT2D eigenvalue weighted by Gasteiger charge is 2.21. The van der Waals surface area contributed by atoms with Gasteiger partial charge in [0.25, 0.3) is 0 Å². The van der Waals surface area contributed by atoms with E-state index >= 15 is 0 Å². The van der Waals surface area contributed by atoms with Crippen LogP contribution in [0.3, 0.4) is 0 Å². The summed E-state index contributed by atoms with van der Waals surface area (Å²) in [5, 5.41) is 33.0. The maximum atomic E-state index is 14.6. The fourth-order valence-corrected chi connectivity index (χ4v) is 3.00. The Morgan fingerprint density at radius 2 is 1.33 bits per heavy atom. The van der Waals surface area contributed by atoms with Crippen molar-refractivity contribution in [1.82, 2.24) is 10.6 Å². The number of hydrogen-bond acceptors (Lipinski definition) is 6. The van der Waals surface area contributed by atoms with Crippen LogP contribution in [-0.2, 0) is 32.0 Å². The normalized spacial score (nSPS) is 12.3. The first kappa shape index (κ1) is 25.1. The van der Waals surface area contributed by atoms with E-state index in [0.717, 1.165) is 6.07 Å². The van der Waals surface area contributed by atoms with Gasteiger partial charge in [0, 0.05) is 26.7 Å². The SMILES string of the molecule is CC(=O)NC(Cc1ccc(Oc2cc(CC(NC(C)=O)C(=O)O)ccc2O)c(F)c1)C(=O)O. The lowest BCUT2D eigenvalue weighted by Crippen LogP contribution is -2.41. The summed E-state index contributed by atoms with van der Waals surface area (Å²) in [5.41, 5.74) is 0.694. The smallest absolute Gasteiger partial charge is 0.326 e. The topological polar surface area (TPSA) is 162 Å². The summed E-state index contributed by atoms with van der Waals surface area (Å²) in [6, 6.07) is 5.25. The van der Waals surface area contributed by atoms with Crippen LogP contribution in [0.25, 0.3) is 0 Å². The highest BCUT2D eigenvalue weighted by atomic mass is 19.1. The van der Waals surface area contributed by atoms with Crippen molar-refractivity contribution in [2.24, 2.45) is 0 Å². The summed E-state index contributed by atoms with van der Waals surface area (Å²) in [4.78, 5) is 44.9. The number of carbonyl (C=O) groups excluding carboxylic acids is 2. The average molecular weight is 462 g/mol. The van der Waals surface area contributed by atoms with Crippen molar-refractivity contribution in [3.63, 3.8) is 0 Å². The van der Waals surface area contributed by atoms with Gasteiger partial charge in [-0.05, 0) is 35.4 Å². The van der Waals surface area contributed by atoms with Crippen LogP contribution in [0, 0.1) is 5.82 Å². The maximum Gasteiger partial charge on any atom is 0.326 e. The van der Waals surface area contributed by atoms with Crippen LogP contribution in [0.2, 0.25) is 0 Å². The molecule has 33 heavy (non-hydrogen) atoms. The molecule has 2 atom stereocenters. The van der Waals surface area contributed by atoms with Crippen molar-refractivity contribution in [3.05, 3.63) is 53.3 Å². The number of phenols is 1. The summed E-state index contributed by atoms with van der Waals surface area (Å²) in [6.07, 6.45) is -0.265. The van der Waals surface area contributed by atoms with Gasteiger partial charge < -0.3 is 30.7 Å². The Morgan fingerprint density at radius 3 is 1.79 bits per heavy atom. The number of ether oxygens (including phenoxy) is 1. The molecule has 0 fully saturated rings. The summed E-state index contributed by atoms with van der Waals surface area (Å²) < 4.78 is 20.0. The number of nitrogens with one attached hydrogen (secondary N) is 2. The van der Waals surface area contributed by atoms with Crippen molar-refractivity contribution >= 4 is 23.8 Å². The molecule has 176 valence electrons. The van der Waals surface area contributed by atoms with Gasteiger partial charge in [0.05, 0.1) is 0 Å². The Morgan fingerprint density at radius 1 is 0.848 bits per heavy atom. The lowest BCUT2D eigenvalue weighted by Gasteiger charge is -2.16. The minimum absolute atomic E-state index is 0.104. The molecule has 2 rings (SSSR count). The molecule has 2 aromatic carbocycles. The van der Waals surface area contributed by atoms with Crippen molar-refractivity contribution in [1.29, 1.82) is 0 Å². The fraction of sp³-hybridized carbons (Fsp3) is 0.273. The highest BCUT2D eigenvalue weighted by Crippen LogP contribution is 2.33. The molecular weight excluding hydrogens is 439 g/mol. The molecule has 0 spiro atoms. The van der Waals surface area contributed by atoms with Crippen LogP contribution in [0.1, 0.15) is 25.0 Å². The van der Waals surface area contributed by atoms with Crippen LogP contribution in [0.5, 0.6) is 17.2 Å². The Hall–Kier alpha value is -4.15. The summed E-state index contributed by atoms with van der Waals surface area (Å²) in [7, 11) is 0. The van der Waals surface area contributed by atoms with E-state index in [-0.39, 0.29) is 30.1 Å². The summed E-state index contributed by atoms with van der Waals surface area (Å²) >= 11 is 0. The predicted molar refractivity (Wildman–Crippen MR) is 112 cm³/mol. The first-order chi connectivity index (χ1) is 15.5. The van der Waals surface area contributed by atoms with Gasteiger partial charge in [-0.2, -0.15) is 0 Å². The van der Waals surface area contributed by atoms with Crippen molar-refractivity contribution < 1.29 is 43.6 Å². The number of aromatic hydroxyl groups is 1. The first-order valence-electron chi connectivity index (χ1n) is 9.74. The van der Waals surface area contributed by atoms with Crippen LogP contribution < -0.4 is 15.4 Å². The van der Waals surface area contributed by atoms with E-state index in [9.17, 15) is 38.9 Å². The number of aliphatic carboxylic acids is 2. The van der Waals surface area contributed by atoms with Crippen molar-refractivity contribution in [2.75, 3.05) is 0 Å². The van der Waals surface area contributed by atoms with Crippen molar-refractivity contribution in [3.8, 4) is 17.2 Å². The molecule has 0 bridgehead atoms. The molecule has 0 aliphatic heterocycles. The van der Waals surface area contributed by atoms with E-state index in [4.69, 9.17) is 4.74 Å². The van der Waals surface area contributed by atoms with Crippen LogP contribution >= 0.6 is 0 Å². The van der Waals surface area contributed by atoms with E-state index in [1.165, 1.54) is 44.2 Å². The van der Waals surface area contributed by atoms with Gasteiger partial charge in [-0.1, -0.05) is 12.1 Å². The number of carboxylic acids is 2.